The van der Waals surface area contributed by atoms with Gasteiger partial charge in [-0.1, -0.05) is 0 Å². The first-order chi connectivity index (χ1) is 8.74. The van der Waals surface area contributed by atoms with E-state index in [4.69, 9.17) is 4.74 Å². The van der Waals surface area contributed by atoms with Crippen molar-refractivity contribution in [2.24, 2.45) is 5.92 Å². The van der Waals surface area contributed by atoms with Crippen molar-refractivity contribution in [2.45, 2.75) is 12.8 Å². The first kappa shape index (κ1) is 11.3. The van der Waals surface area contributed by atoms with E-state index in [9.17, 15) is 9.18 Å². The molecule has 18 heavy (non-hydrogen) atoms. The highest BCUT2D eigenvalue weighted by Crippen LogP contribution is 2.31. The zero-order valence-electron chi connectivity index (χ0n) is 9.93. The molecule has 3 nitrogen and oxygen atoms in total. The van der Waals surface area contributed by atoms with Crippen LogP contribution >= 0.6 is 0 Å². The van der Waals surface area contributed by atoms with Crippen LogP contribution < -0.4 is 4.74 Å². The van der Waals surface area contributed by atoms with Gasteiger partial charge in [-0.15, -0.1) is 0 Å². The third-order valence-electron chi connectivity index (χ3n) is 3.58. The number of rotatable bonds is 2. The van der Waals surface area contributed by atoms with E-state index in [1.54, 1.807) is 12.1 Å². The first-order valence-corrected chi connectivity index (χ1v) is 6.15. The predicted octanol–water partition coefficient (Wildman–Crippen LogP) is 2.34. The van der Waals surface area contributed by atoms with Gasteiger partial charge in [0, 0.05) is 19.0 Å². The number of carbonyl (C=O) groups excluding carboxylic acids is 1. The number of benzene rings is 1. The molecule has 0 aromatic heterocycles. The molecule has 3 aliphatic rings. The molecule has 0 amide bonds. The van der Waals surface area contributed by atoms with Crippen LogP contribution in [0.2, 0.25) is 0 Å². The van der Waals surface area contributed by atoms with E-state index >= 15 is 0 Å². The Bertz CT molecular complexity index is 487. The molecule has 3 heterocycles. The molecule has 0 saturated carbocycles. The molecule has 3 saturated heterocycles. The van der Waals surface area contributed by atoms with Crippen molar-refractivity contribution < 1.29 is 13.9 Å². The van der Waals surface area contributed by atoms with E-state index in [1.807, 2.05) is 0 Å². The fourth-order valence-electron chi connectivity index (χ4n) is 2.52. The van der Waals surface area contributed by atoms with E-state index in [0.717, 1.165) is 25.9 Å². The van der Waals surface area contributed by atoms with Gasteiger partial charge in [-0.05, 0) is 37.1 Å². The molecule has 0 atom stereocenters. The van der Waals surface area contributed by atoms with Gasteiger partial charge >= 0.3 is 0 Å². The Hall–Kier alpha value is -1.84. The number of hydrogen-bond donors (Lipinski definition) is 0. The number of allylic oxidation sites excluding steroid dienone is 1. The van der Waals surface area contributed by atoms with Gasteiger partial charge in [-0.2, -0.15) is 0 Å². The normalized spacial score (nSPS) is 21.7. The molecule has 1 aromatic carbocycles. The van der Waals surface area contributed by atoms with Gasteiger partial charge in [-0.3, -0.25) is 4.79 Å². The van der Waals surface area contributed by atoms with Crippen molar-refractivity contribution in [1.82, 2.24) is 4.90 Å². The summed E-state index contributed by atoms with van der Waals surface area (Å²) in [6.07, 6.45) is 3.40. The van der Waals surface area contributed by atoms with Gasteiger partial charge in [0.15, 0.2) is 5.78 Å². The number of fused-ring (bicyclic) bond motifs is 3. The highest BCUT2D eigenvalue weighted by molar-refractivity contribution is 5.97. The molecule has 1 aromatic rings. The molecule has 4 rings (SSSR count). The van der Waals surface area contributed by atoms with Crippen LogP contribution in [0, 0.1) is 11.7 Å². The van der Waals surface area contributed by atoms with Crippen LogP contribution in [-0.2, 0) is 4.79 Å². The van der Waals surface area contributed by atoms with E-state index in [2.05, 4.69) is 4.90 Å². The molecule has 94 valence electrons. The van der Waals surface area contributed by atoms with E-state index in [0.29, 0.717) is 11.4 Å². The van der Waals surface area contributed by atoms with Gasteiger partial charge in [0.25, 0.3) is 0 Å². The maximum Gasteiger partial charge on any atom is 0.185 e. The SMILES string of the molecule is O=C1C(=COc2ccc(F)cc2)N2CCC1CC2. The zero-order chi connectivity index (χ0) is 12.5. The molecule has 2 bridgehead atoms. The lowest BCUT2D eigenvalue weighted by Gasteiger charge is -2.40. The Morgan fingerprint density at radius 2 is 1.89 bits per heavy atom. The summed E-state index contributed by atoms with van der Waals surface area (Å²) in [6.45, 7) is 1.85. The Balaban J connectivity index is 1.76. The highest BCUT2D eigenvalue weighted by Gasteiger charge is 2.36. The minimum Gasteiger partial charge on any atom is -0.463 e. The maximum atomic E-state index is 12.7. The number of nitrogens with zero attached hydrogens (tertiary/aromatic N) is 1. The van der Waals surface area contributed by atoms with Crippen LogP contribution in [-0.4, -0.2) is 23.8 Å². The Morgan fingerprint density at radius 3 is 2.50 bits per heavy atom. The summed E-state index contributed by atoms with van der Waals surface area (Å²) < 4.78 is 18.2. The molecule has 3 fully saturated rings. The van der Waals surface area contributed by atoms with E-state index in [1.165, 1.54) is 18.4 Å². The largest absolute Gasteiger partial charge is 0.463 e. The monoisotopic (exact) mass is 247 g/mol. The Kier molecular flexibility index (Phi) is 2.78. The van der Waals surface area contributed by atoms with Crippen LogP contribution in [0.5, 0.6) is 5.75 Å². The summed E-state index contributed by atoms with van der Waals surface area (Å²) in [5.41, 5.74) is 0.654. The Morgan fingerprint density at radius 1 is 1.22 bits per heavy atom. The molecule has 0 aliphatic carbocycles. The fourth-order valence-corrected chi connectivity index (χ4v) is 2.52. The second-order valence-corrected chi connectivity index (χ2v) is 4.70. The van der Waals surface area contributed by atoms with Crippen LogP contribution in [0.25, 0.3) is 0 Å². The fraction of sp³-hybridized carbons (Fsp3) is 0.357. The molecule has 0 N–H and O–H groups in total. The van der Waals surface area contributed by atoms with Crippen LogP contribution in [0.3, 0.4) is 0 Å². The van der Waals surface area contributed by atoms with Crippen molar-refractivity contribution >= 4 is 5.78 Å². The second kappa shape index (κ2) is 4.44. The lowest BCUT2D eigenvalue weighted by atomic mass is 9.85. The van der Waals surface area contributed by atoms with Crippen molar-refractivity contribution in [3.8, 4) is 5.75 Å². The van der Waals surface area contributed by atoms with Crippen molar-refractivity contribution in [1.29, 1.82) is 0 Å². The zero-order valence-corrected chi connectivity index (χ0v) is 9.93. The van der Waals surface area contributed by atoms with E-state index < -0.39 is 0 Å². The summed E-state index contributed by atoms with van der Waals surface area (Å²) in [7, 11) is 0. The number of carbonyl (C=O) groups is 1. The van der Waals surface area contributed by atoms with E-state index in [-0.39, 0.29) is 17.5 Å². The van der Waals surface area contributed by atoms with Crippen LogP contribution in [0.4, 0.5) is 4.39 Å². The molecular weight excluding hydrogens is 233 g/mol. The minimum atomic E-state index is -0.299. The molecule has 0 unspecified atom stereocenters. The molecule has 4 heteroatoms. The third-order valence-corrected chi connectivity index (χ3v) is 3.58. The molecule has 0 radical (unpaired) electrons. The molecule has 0 spiro atoms. The highest BCUT2D eigenvalue weighted by atomic mass is 19.1. The van der Waals surface area contributed by atoms with Crippen LogP contribution in [0.1, 0.15) is 12.8 Å². The summed E-state index contributed by atoms with van der Waals surface area (Å²) in [5, 5.41) is 0. The number of halogens is 1. The summed E-state index contributed by atoms with van der Waals surface area (Å²) >= 11 is 0. The van der Waals surface area contributed by atoms with Crippen molar-refractivity contribution in [2.75, 3.05) is 13.1 Å². The van der Waals surface area contributed by atoms with Gasteiger partial charge < -0.3 is 9.64 Å². The summed E-state index contributed by atoms with van der Waals surface area (Å²) in [5.74, 6) is 0.582. The van der Waals surface area contributed by atoms with Gasteiger partial charge in [0.2, 0.25) is 0 Å². The number of ketones is 1. The van der Waals surface area contributed by atoms with Crippen LogP contribution in [0.15, 0.2) is 36.2 Å². The predicted molar refractivity (Wildman–Crippen MR) is 64.4 cm³/mol. The minimum absolute atomic E-state index is 0.165. The third kappa shape index (κ3) is 1.98. The Labute approximate surface area is 105 Å². The lowest BCUT2D eigenvalue weighted by Crippen LogP contribution is -2.46. The maximum absolute atomic E-state index is 12.7. The second-order valence-electron chi connectivity index (χ2n) is 4.70. The van der Waals surface area contributed by atoms with Gasteiger partial charge in [0.1, 0.15) is 23.5 Å². The lowest BCUT2D eigenvalue weighted by molar-refractivity contribution is -0.125. The van der Waals surface area contributed by atoms with Crippen molar-refractivity contribution in [3.63, 3.8) is 0 Å². The summed E-state index contributed by atoms with van der Waals surface area (Å²) in [4.78, 5) is 14.1. The number of Topliss-reactive ketones (excluding diaryl/α,β-unsaturated/α-hetero) is 1. The average Bonchev–Trinajstić information content (AvgIpc) is 2.41. The first-order valence-electron chi connectivity index (χ1n) is 6.15. The number of piperidine rings is 3. The quantitative estimate of drug-likeness (QED) is 0.593. The van der Waals surface area contributed by atoms with Gasteiger partial charge in [-0.25, -0.2) is 4.39 Å². The number of hydrogen-bond acceptors (Lipinski definition) is 3. The number of ether oxygens (including phenoxy) is 1. The average molecular weight is 247 g/mol. The van der Waals surface area contributed by atoms with Gasteiger partial charge in [0.05, 0.1) is 0 Å². The smallest absolute Gasteiger partial charge is 0.185 e. The molecule has 3 aliphatic heterocycles. The standard InChI is InChI=1S/C14H14FNO2/c15-11-1-3-12(4-2-11)18-9-13-14(17)10-5-7-16(13)8-6-10/h1-4,9-10H,5-8H2. The summed E-state index contributed by atoms with van der Waals surface area (Å²) in [6, 6.07) is 5.77. The van der Waals surface area contributed by atoms with Crippen molar-refractivity contribution in [3.05, 3.63) is 42.0 Å². The topological polar surface area (TPSA) is 29.5 Å². The molecular formula is C14H14FNO2.